The molecule has 3 aromatic carbocycles. The molecule has 3 rings (SSSR count). The minimum atomic E-state index is -3.57. The van der Waals surface area contributed by atoms with E-state index in [1.54, 1.807) is 18.2 Å². The Bertz CT molecular complexity index is 967. The third-order valence-corrected chi connectivity index (χ3v) is 5.44. The third-order valence-electron chi connectivity index (χ3n) is 3.85. The van der Waals surface area contributed by atoms with Crippen molar-refractivity contribution in [2.24, 2.45) is 0 Å². The Kier molecular flexibility index (Phi) is 4.64. The van der Waals surface area contributed by atoms with Crippen molar-refractivity contribution in [3.8, 4) is 0 Å². The predicted molar refractivity (Wildman–Crippen MR) is 92.8 cm³/mol. The molecular formula is C19H17FO3S. The van der Waals surface area contributed by atoms with Crippen LogP contribution in [0.15, 0.2) is 66.7 Å². The van der Waals surface area contributed by atoms with Gasteiger partial charge in [0.1, 0.15) is 5.82 Å². The maximum absolute atomic E-state index is 13.2. The molecule has 0 aliphatic heterocycles. The van der Waals surface area contributed by atoms with Crippen LogP contribution in [0.3, 0.4) is 0 Å². The number of aliphatic hydroxyl groups is 1. The summed E-state index contributed by atoms with van der Waals surface area (Å²) >= 11 is 0. The Balaban J connectivity index is 1.77. The summed E-state index contributed by atoms with van der Waals surface area (Å²) in [5.74, 6) is -1.17. The van der Waals surface area contributed by atoms with Crippen LogP contribution in [0.2, 0.25) is 0 Å². The minimum Gasteiger partial charge on any atom is -0.387 e. The van der Waals surface area contributed by atoms with E-state index in [2.05, 4.69) is 0 Å². The highest BCUT2D eigenvalue weighted by Crippen LogP contribution is 2.22. The van der Waals surface area contributed by atoms with Gasteiger partial charge in [-0.05, 0) is 40.1 Å². The molecule has 0 radical (unpaired) electrons. The van der Waals surface area contributed by atoms with Crippen LogP contribution in [0.5, 0.6) is 0 Å². The summed E-state index contributed by atoms with van der Waals surface area (Å²) in [6.45, 7) is 0. The molecule has 0 spiro atoms. The average Bonchev–Trinajstić information content (AvgIpc) is 2.53. The summed E-state index contributed by atoms with van der Waals surface area (Å²) < 4.78 is 37.7. The van der Waals surface area contributed by atoms with E-state index in [-0.39, 0.29) is 5.75 Å². The van der Waals surface area contributed by atoms with E-state index >= 15 is 0 Å². The Morgan fingerprint density at radius 3 is 2.42 bits per heavy atom. The molecule has 0 aromatic heterocycles. The first-order valence-corrected chi connectivity index (χ1v) is 9.37. The van der Waals surface area contributed by atoms with Gasteiger partial charge in [0, 0.05) is 0 Å². The maximum atomic E-state index is 13.2. The van der Waals surface area contributed by atoms with Crippen LogP contribution in [-0.4, -0.2) is 19.3 Å². The lowest BCUT2D eigenvalue weighted by molar-refractivity contribution is 0.202. The van der Waals surface area contributed by atoms with E-state index in [1.165, 1.54) is 18.2 Å². The van der Waals surface area contributed by atoms with Gasteiger partial charge in [-0.1, -0.05) is 48.5 Å². The zero-order valence-corrected chi connectivity index (χ0v) is 13.7. The first-order chi connectivity index (χ1) is 11.4. The maximum Gasteiger partial charge on any atom is 0.157 e. The average molecular weight is 344 g/mol. The van der Waals surface area contributed by atoms with Crippen molar-refractivity contribution in [1.82, 2.24) is 0 Å². The monoisotopic (exact) mass is 344 g/mol. The normalized spacial score (nSPS) is 13.1. The lowest BCUT2D eigenvalue weighted by Crippen LogP contribution is -2.16. The predicted octanol–water partition coefficient (Wildman–Crippen LogP) is 3.63. The highest BCUT2D eigenvalue weighted by molar-refractivity contribution is 7.90. The number of rotatable bonds is 5. The minimum absolute atomic E-state index is 0.296. The lowest BCUT2D eigenvalue weighted by atomic mass is 10.0. The highest BCUT2D eigenvalue weighted by Gasteiger charge is 2.20. The second-order valence-electron chi connectivity index (χ2n) is 5.81. The smallest absolute Gasteiger partial charge is 0.157 e. The number of hydrogen-bond acceptors (Lipinski definition) is 3. The van der Waals surface area contributed by atoms with Crippen LogP contribution in [0.25, 0.3) is 10.8 Å². The molecule has 0 bridgehead atoms. The van der Waals surface area contributed by atoms with E-state index < -0.39 is 27.5 Å². The van der Waals surface area contributed by atoms with Gasteiger partial charge in [-0.2, -0.15) is 0 Å². The van der Waals surface area contributed by atoms with E-state index in [4.69, 9.17) is 0 Å². The number of fused-ring (bicyclic) bond motifs is 1. The molecule has 1 N–H and O–H groups in total. The molecule has 0 aliphatic rings. The first-order valence-electron chi connectivity index (χ1n) is 7.55. The van der Waals surface area contributed by atoms with Crippen LogP contribution in [0, 0.1) is 5.82 Å². The molecule has 124 valence electrons. The number of halogens is 1. The van der Waals surface area contributed by atoms with Gasteiger partial charge in [0.05, 0.1) is 17.6 Å². The third kappa shape index (κ3) is 3.99. The summed E-state index contributed by atoms with van der Waals surface area (Å²) in [4.78, 5) is 0. The van der Waals surface area contributed by atoms with Crippen molar-refractivity contribution in [3.05, 3.63) is 83.7 Å². The largest absolute Gasteiger partial charge is 0.387 e. The standard InChI is InChI=1S/C19H17FO3S/c20-18-7-3-4-14(10-18)12-24(22,23)13-19(21)17-9-8-15-5-1-2-6-16(15)11-17/h1-11,19,21H,12-13H2. The summed E-state index contributed by atoms with van der Waals surface area (Å²) in [5.41, 5.74) is 0.928. The zero-order valence-electron chi connectivity index (χ0n) is 12.9. The summed E-state index contributed by atoms with van der Waals surface area (Å²) in [6.07, 6.45) is -1.12. The Morgan fingerprint density at radius 2 is 1.67 bits per heavy atom. The molecule has 3 aromatic rings. The lowest BCUT2D eigenvalue weighted by Gasteiger charge is -2.13. The molecule has 0 amide bonds. The van der Waals surface area contributed by atoms with Gasteiger partial charge in [-0.3, -0.25) is 0 Å². The number of benzene rings is 3. The zero-order chi connectivity index (χ0) is 17.2. The molecular weight excluding hydrogens is 327 g/mol. The summed E-state index contributed by atoms with van der Waals surface area (Å²) in [7, 11) is -3.57. The Morgan fingerprint density at radius 1 is 0.917 bits per heavy atom. The van der Waals surface area contributed by atoms with Crippen molar-refractivity contribution in [2.75, 3.05) is 5.75 Å². The van der Waals surface area contributed by atoms with Gasteiger partial charge in [0.2, 0.25) is 0 Å². The van der Waals surface area contributed by atoms with Crippen LogP contribution < -0.4 is 0 Å². The van der Waals surface area contributed by atoms with Gasteiger partial charge < -0.3 is 5.11 Å². The van der Waals surface area contributed by atoms with Gasteiger partial charge in [-0.25, -0.2) is 12.8 Å². The van der Waals surface area contributed by atoms with E-state index in [1.807, 2.05) is 30.3 Å². The van der Waals surface area contributed by atoms with Crippen LogP contribution in [0.4, 0.5) is 4.39 Å². The van der Waals surface area contributed by atoms with Crippen molar-refractivity contribution in [1.29, 1.82) is 0 Å². The van der Waals surface area contributed by atoms with Crippen molar-refractivity contribution in [2.45, 2.75) is 11.9 Å². The van der Waals surface area contributed by atoms with Gasteiger partial charge in [0.15, 0.2) is 9.84 Å². The molecule has 0 saturated carbocycles. The van der Waals surface area contributed by atoms with Crippen LogP contribution >= 0.6 is 0 Å². The number of aliphatic hydroxyl groups excluding tert-OH is 1. The van der Waals surface area contributed by atoms with Crippen molar-refractivity contribution in [3.63, 3.8) is 0 Å². The Hall–Kier alpha value is -2.24. The van der Waals surface area contributed by atoms with Gasteiger partial charge in [-0.15, -0.1) is 0 Å². The van der Waals surface area contributed by atoms with Crippen molar-refractivity contribution >= 4 is 20.6 Å². The second-order valence-corrected chi connectivity index (χ2v) is 7.92. The molecule has 5 heteroatoms. The molecule has 3 nitrogen and oxygen atoms in total. The molecule has 1 unspecified atom stereocenters. The fourth-order valence-electron chi connectivity index (χ4n) is 2.69. The van der Waals surface area contributed by atoms with Crippen LogP contribution in [0.1, 0.15) is 17.2 Å². The molecule has 0 saturated heterocycles. The highest BCUT2D eigenvalue weighted by atomic mass is 32.2. The molecule has 24 heavy (non-hydrogen) atoms. The number of sulfone groups is 1. The summed E-state index contributed by atoms with van der Waals surface area (Å²) in [6, 6.07) is 18.5. The number of hydrogen-bond donors (Lipinski definition) is 1. The topological polar surface area (TPSA) is 54.4 Å². The quantitative estimate of drug-likeness (QED) is 0.769. The summed E-state index contributed by atoms with van der Waals surface area (Å²) in [5, 5.41) is 12.3. The van der Waals surface area contributed by atoms with E-state index in [0.717, 1.165) is 10.8 Å². The fourth-order valence-corrected chi connectivity index (χ4v) is 4.17. The molecule has 0 heterocycles. The fraction of sp³-hybridized carbons (Fsp3) is 0.158. The molecule has 1 atom stereocenters. The molecule has 0 aliphatic carbocycles. The molecule has 0 fully saturated rings. The first kappa shape index (κ1) is 16.6. The van der Waals surface area contributed by atoms with E-state index in [0.29, 0.717) is 11.1 Å². The SMILES string of the molecule is O=S(=O)(Cc1cccc(F)c1)CC(O)c1ccc2ccccc2c1. The van der Waals surface area contributed by atoms with Gasteiger partial charge >= 0.3 is 0 Å². The Labute approximate surface area is 140 Å². The second kappa shape index (κ2) is 6.71. The van der Waals surface area contributed by atoms with Crippen molar-refractivity contribution < 1.29 is 17.9 Å². The van der Waals surface area contributed by atoms with E-state index in [9.17, 15) is 17.9 Å². The van der Waals surface area contributed by atoms with Gasteiger partial charge in [0.25, 0.3) is 0 Å². The van der Waals surface area contributed by atoms with Crippen LogP contribution in [-0.2, 0) is 15.6 Å².